The smallest absolute Gasteiger partial charge is 0.407 e. The van der Waals surface area contributed by atoms with Gasteiger partial charge in [-0.05, 0) is 62.3 Å². The van der Waals surface area contributed by atoms with E-state index in [1.807, 2.05) is 0 Å². The summed E-state index contributed by atoms with van der Waals surface area (Å²) < 4.78 is 16.4. The number of carbonyl (C=O) groups excluding carboxylic acids is 3. The van der Waals surface area contributed by atoms with Gasteiger partial charge in [0.05, 0.1) is 26.1 Å². The van der Waals surface area contributed by atoms with Gasteiger partial charge < -0.3 is 51.4 Å². The second kappa shape index (κ2) is 16.8. The molecule has 0 unspecified atom stereocenters. The summed E-state index contributed by atoms with van der Waals surface area (Å²) in [6.45, 7) is 18.2. The van der Waals surface area contributed by atoms with E-state index in [0.717, 1.165) is 0 Å². The zero-order chi connectivity index (χ0) is 28.9. The van der Waals surface area contributed by atoms with Crippen LogP contribution >= 0.6 is 0 Å². The first-order valence-electron chi connectivity index (χ1n) is 12.9. The number of aliphatic carboxylic acids is 1. The lowest BCUT2D eigenvalue weighted by molar-refractivity contribution is -0.921. The van der Waals surface area contributed by atoms with Gasteiger partial charge in [0.15, 0.2) is 6.54 Å². The van der Waals surface area contributed by atoms with Crippen molar-refractivity contribution in [2.24, 2.45) is 0 Å². The van der Waals surface area contributed by atoms with Gasteiger partial charge >= 0.3 is 24.1 Å². The molecule has 0 saturated heterocycles. The predicted molar refractivity (Wildman–Crippen MR) is 140 cm³/mol. The van der Waals surface area contributed by atoms with Crippen LogP contribution in [0.1, 0.15) is 88.0 Å². The number of rotatable bonds is 14. The van der Waals surface area contributed by atoms with E-state index in [9.17, 15) is 19.2 Å². The molecule has 0 radical (unpaired) electrons. The standard InChI is InChI=1S/C26H49N3O8.BrH/c1-24(2,3)35-21(32)19-29(16-10-13-20(30)31,17-11-14-27-22(33)36-25(4,5)6)18-12-15-28-23(34)37-26(7,8)9;/h10-19H2,1-9H3,(H2-,27,28,30,31,33,34);1H. The number of carboxylic acid groups (broad SMARTS) is 1. The lowest BCUT2D eigenvalue weighted by Gasteiger charge is -2.39. The number of alkyl carbamates (subject to hydrolysis) is 2. The molecule has 3 N–H and O–H groups in total. The molecule has 0 aliphatic rings. The molecule has 0 rings (SSSR count). The van der Waals surface area contributed by atoms with Crippen LogP contribution in [0, 0.1) is 0 Å². The van der Waals surface area contributed by atoms with Gasteiger partial charge in [-0.2, -0.15) is 0 Å². The van der Waals surface area contributed by atoms with E-state index in [2.05, 4.69) is 10.6 Å². The Kier molecular flexibility index (Phi) is 16.8. The summed E-state index contributed by atoms with van der Waals surface area (Å²) in [4.78, 5) is 48.0. The van der Waals surface area contributed by atoms with Crippen molar-refractivity contribution in [3.8, 4) is 0 Å². The largest absolute Gasteiger partial charge is 1.00 e. The van der Waals surface area contributed by atoms with Gasteiger partial charge in [0, 0.05) is 32.4 Å². The fourth-order valence-electron chi connectivity index (χ4n) is 3.62. The summed E-state index contributed by atoms with van der Waals surface area (Å²) in [5.41, 5.74) is -1.89. The van der Waals surface area contributed by atoms with E-state index in [1.54, 1.807) is 62.3 Å². The minimum Gasteiger partial charge on any atom is -1.00 e. The van der Waals surface area contributed by atoms with Gasteiger partial charge in [0.2, 0.25) is 0 Å². The Morgan fingerprint density at radius 3 is 1.37 bits per heavy atom. The number of carboxylic acids is 1. The first-order valence-corrected chi connectivity index (χ1v) is 12.9. The Bertz CT molecular complexity index is 719. The number of quaternary nitrogens is 1. The highest BCUT2D eigenvalue weighted by Gasteiger charge is 2.32. The lowest BCUT2D eigenvalue weighted by Crippen LogP contribution is -3.00. The molecule has 0 spiro atoms. The Morgan fingerprint density at radius 1 is 0.658 bits per heavy atom. The van der Waals surface area contributed by atoms with E-state index in [1.165, 1.54) is 0 Å². The monoisotopic (exact) mass is 611 g/mol. The number of amides is 2. The molecule has 0 bridgehead atoms. The van der Waals surface area contributed by atoms with Crippen molar-refractivity contribution < 1.29 is 60.0 Å². The van der Waals surface area contributed by atoms with Crippen molar-refractivity contribution in [3.05, 3.63) is 0 Å². The van der Waals surface area contributed by atoms with Gasteiger partial charge in [0.25, 0.3) is 0 Å². The molecular weight excluding hydrogens is 562 g/mol. The molecule has 12 heteroatoms. The van der Waals surface area contributed by atoms with Crippen LogP contribution in [0.15, 0.2) is 0 Å². The highest BCUT2D eigenvalue weighted by atomic mass is 79.9. The molecule has 0 aromatic carbocycles. The van der Waals surface area contributed by atoms with Crippen molar-refractivity contribution >= 4 is 24.1 Å². The number of hydrogen-bond donors (Lipinski definition) is 3. The van der Waals surface area contributed by atoms with Crippen LogP contribution in [-0.4, -0.2) is 89.8 Å². The van der Waals surface area contributed by atoms with Gasteiger partial charge in [0.1, 0.15) is 16.8 Å². The number of nitrogens with one attached hydrogen (secondary N) is 2. The number of carbonyl (C=O) groups is 4. The first-order chi connectivity index (χ1) is 16.7. The minimum atomic E-state index is -0.909. The normalized spacial score (nSPS) is 12.1. The van der Waals surface area contributed by atoms with Gasteiger partial charge in [-0.1, -0.05) is 0 Å². The summed E-state index contributed by atoms with van der Waals surface area (Å²) in [5, 5.41) is 14.6. The highest BCUT2D eigenvalue weighted by Crippen LogP contribution is 2.16. The summed E-state index contributed by atoms with van der Waals surface area (Å²) in [6, 6.07) is 0. The van der Waals surface area contributed by atoms with Crippen LogP contribution in [0.2, 0.25) is 0 Å². The van der Waals surface area contributed by atoms with Crippen molar-refractivity contribution in [1.82, 2.24) is 10.6 Å². The number of ether oxygens (including phenoxy) is 3. The summed E-state index contributed by atoms with van der Waals surface area (Å²) in [5.74, 6) is -1.29. The lowest BCUT2D eigenvalue weighted by atomic mass is 10.1. The van der Waals surface area contributed by atoms with Crippen molar-refractivity contribution in [1.29, 1.82) is 0 Å². The number of halogens is 1. The molecule has 0 aromatic rings. The zero-order valence-corrected chi connectivity index (χ0v) is 26.3. The Labute approximate surface area is 238 Å². The zero-order valence-electron chi connectivity index (χ0n) is 24.7. The highest BCUT2D eigenvalue weighted by molar-refractivity contribution is 5.71. The van der Waals surface area contributed by atoms with Crippen LogP contribution in [0.3, 0.4) is 0 Å². The van der Waals surface area contributed by atoms with Gasteiger partial charge in [-0.3, -0.25) is 4.79 Å². The van der Waals surface area contributed by atoms with E-state index >= 15 is 0 Å². The molecule has 0 heterocycles. The van der Waals surface area contributed by atoms with E-state index in [-0.39, 0.29) is 40.4 Å². The molecular formula is C26H50BrN3O8. The maximum Gasteiger partial charge on any atom is 0.407 e. The maximum atomic E-state index is 12.8. The third-order valence-corrected chi connectivity index (χ3v) is 4.86. The Morgan fingerprint density at radius 2 is 1.03 bits per heavy atom. The Balaban J connectivity index is 0. The molecule has 224 valence electrons. The fourth-order valence-corrected chi connectivity index (χ4v) is 3.62. The number of nitrogens with zero attached hydrogens (tertiary/aromatic N) is 1. The molecule has 0 aliphatic carbocycles. The van der Waals surface area contributed by atoms with Crippen molar-refractivity contribution in [3.63, 3.8) is 0 Å². The molecule has 38 heavy (non-hydrogen) atoms. The van der Waals surface area contributed by atoms with Crippen LogP contribution in [0.4, 0.5) is 9.59 Å². The average Bonchev–Trinajstić information content (AvgIpc) is 2.64. The quantitative estimate of drug-likeness (QED) is 0.114. The topological polar surface area (TPSA) is 140 Å². The Hall–Kier alpha value is -2.08. The van der Waals surface area contributed by atoms with Crippen LogP contribution in [-0.2, 0) is 23.8 Å². The summed E-state index contributed by atoms with van der Waals surface area (Å²) in [6.07, 6.45) is 0.372. The third-order valence-electron chi connectivity index (χ3n) is 4.86. The second-order valence-electron chi connectivity index (χ2n) is 12.3. The molecule has 0 saturated carbocycles. The van der Waals surface area contributed by atoms with E-state index < -0.39 is 35.0 Å². The average molecular weight is 613 g/mol. The van der Waals surface area contributed by atoms with Crippen LogP contribution < -0.4 is 27.6 Å². The molecule has 0 aliphatic heterocycles. The predicted octanol–water partition coefficient (Wildman–Crippen LogP) is 0.843. The van der Waals surface area contributed by atoms with Crippen LogP contribution in [0.5, 0.6) is 0 Å². The molecule has 0 aromatic heterocycles. The second-order valence-corrected chi connectivity index (χ2v) is 12.3. The minimum absolute atomic E-state index is 0. The molecule has 0 fully saturated rings. The number of hydrogen-bond acceptors (Lipinski definition) is 7. The van der Waals surface area contributed by atoms with Crippen LogP contribution in [0.25, 0.3) is 0 Å². The van der Waals surface area contributed by atoms with E-state index in [0.29, 0.717) is 52.0 Å². The fraction of sp³-hybridized carbons (Fsp3) is 0.846. The van der Waals surface area contributed by atoms with Gasteiger partial charge in [-0.15, -0.1) is 0 Å². The number of esters is 1. The SMILES string of the molecule is CC(C)(C)OC(=O)C[N+](CCCNC(=O)OC(C)(C)C)(CCCNC(=O)OC(C)(C)C)CCCC(=O)O.[Br-]. The molecule has 2 amide bonds. The van der Waals surface area contributed by atoms with Crippen molar-refractivity contribution in [2.45, 2.75) is 105 Å². The van der Waals surface area contributed by atoms with E-state index in [4.69, 9.17) is 19.3 Å². The maximum absolute atomic E-state index is 12.8. The molecule has 0 atom stereocenters. The van der Waals surface area contributed by atoms with Crippen molar-refractivity contribution in [2.75, 3.05) is 39.3 Å². The summed E-state index contributed by atoms with van der Waals surface area (Å²) in [7, 11) is 0. The summed E-state index contributed by atoms with van der Waals surface area (Å²) >= 11 is 0. The van der Waals surface area contributed by atoms with Gasteiger partial charge in [-0.25, -0.2) is 14.4 Å². The first kappa shape index (κ1) is 38.1. The third kappa shape index (κ3) is 22.0. The molecule has 11 nitrogen and oxygen atoms in total.